The Morgan fingerprint density at radius 1 is 1.50 bits per heavy atom. The maximum atomic E-state index is 3.61. The molecule has 0 saturated heterocycles. The van der Waals surface area contributed by atoms with Gasteiger partial charge in [-0.25, -0.2) is 0 Å². The van der Waals surface area contributed by atoms with E-state index in [1.54, 1.807) is 0 Å². The Hall–Kier alpha value is -0.540. The van der Waals surface area contributed by atoms with Crippen LogP contribution in [0.1, 0.15) is 36.9 Å². The summed E-state index contributed by atoms with van der Waals surface area (Å²) in [7, 11) is 2.04. The zero-order valence-corrected chi connectivity index (χ0v) is 11.5. The smallest absolute Gasteiger partial charge is 0.0422 e. The van der Waals surface area contributed by atoms with Crippen molar-refractivity contribution < 1.29 is 0 Å². The summed E-state index contributed by atoms with van der Waals surface area (Å²) in [6.07, 6.45) is 3.49. The molecule has 88 valence electrons. The number of halogens is 1. The highest BCUT2D eigenvalue weighted by atomic mass is 79.9. The van der Waals surface area contributed by atoms with Crippen molar-refractivity contribution in [2.45, 2.75) is 32.2 Å². The molecule has 1 aromatic rings. The number of nitrogens with one attached hydrogen (secondary N) is 2. The second-order valence-corrected chi connectivity index (χ2v) is 5.25. The molecule has 1 heterocycles. The quantitative estimate of drug-likeness (QED) is 0.887. The lowest BCUT2D eigenvalue weighted by Gasteiger charge is -2.28. The summed E-state index contributed by atoms with van der Waals surface area (Å²) in [5.41, 5.74) is 4.20. The molecule has 1 aromatic carbocycles. The second kappa shape index (κ2) is 5.19. The zero-order chi connectivity index (χ0) is 11.5. The van der Waals surface area contributed by atoms with Crippen LogP contribution in [0.15, 0.2) is 16.6 Å². The van der Waals surface area contributed by atoms with Gasteiger partial charge >= 0.3 is 0 Å². The van der Waals surface area contributed by atoms with E-state index in [9.17, 15) is 0 Å². The first-order valence-corrected chi connectivity index (χ1v) is 6.79. The first-order valence-electron chi connectivity index (χ1n) is 5.99. The van der Waals surface area contributed by atoms with E-state index >= 15 is 0 Å². The van der Waals surface area contributed by atoms with Gasteiger partial charge in [0.05, 0.1) is 0 Å². The summed E-state index contributed by atoms with van der Waals surface area (Å²) in [6.45, 7) is 3.29. The average Bonchev–Trinajstić information content (AvgIpc) is 2.28. The molecule has 2 nitrogen and oxygen atoms in total. The molecule has 0 bridgehead atoms. The summed E-state index contributed by atoms with van der Waals surface area (Å²) in [4.78, 5) is 0. The van der Waals surface area contributed by atoms with Gasteiger partial charge in [0.15, 0.2) is 0 Å². The van der Waals surface area contributed by atoms with Crippen molar-refractivity contribution in [1.29, 1.82) is 0 Å². The first-order chi connectivity index (χ1) is 7.76. The number of rotatable bonds is 3. The molecule has 0 spiro atoms. The molecular formula is C13H19BrN2. The second-order valence-electron chi connectivity index (χ2n) is 4.34. The van der Waals surface area contributed by atoms with Crippen LogP contribution in [0.3, 0.4) is 0 Å². The van der Waals surface area contributed by atoms with Crippen LogP contribution in [-0.2, 0) is 6.42 Å². The van der Waals surface area contributed by atoms with Crippen molar-refractivity contribution in [3.8, 4) is 0 Å². The van der Waals surface area contributed by atoms with Gasteiger partial charge in [0.25, 0.3) is 0 Å². The Morgan fingerprint density at radius 3 is 3.00 bits per heavy atom. The number of fused-ring (bicyclic) bond motifs is 1. The number of anilines is 1. The molecule has 16 heavy (non-hydrogen) atoms. The molecular weight excluding hydrogens is 264 g/mol. The molecule has 1 atom stereocenters. The minimum atomic E-state index is 0.490. The highest BCUT2D eigenvalue weighted by Crippen LogP contribution is 2.35. The van der Waals surface area contributed by atoms with E-state index in [-0.39, 0.29) is 0 Å². The van der Waals surface area contributed by atoms with Crippen molar-refractivity contribution in [1.82, 2.24) is 5.32 Å². The molecule has 2 rings (SSSR count). The van der Waals surface area contributed by atoms with Gasteiger partial charge in [-0.1, -0.05) is 29.3 Å². The molecule has 1 aliphatic heterocycles. The molecule has 1 unspecified atom stereocenters. The van der Waals surface area contributed by atoms with Crippen molar-refractivity contribution in [2.75, 3.05) is 18.9 Å². The van der Waals surface area contributed by atoms with Gasteiger partial charge < -0.3 is 10.6 Å². The minimum absolute atomic E-state index is 0.490. The lowest BCUT2D eigenvalue weighted by molar-refractivity contribution is 0.550. The highest BCUT2D eigenvalue weighted by Gasteiger charge is 2.21. The molecule has 0 aliphatic carbocycles. The summed E-state index contributed by atoms with van der Waals surface area (Å²) >= 11 is 3.61. The average molecular weight is 283 g/mol. The van der Waals surface area contributed by atoms with Crippen LogP contribution in [0.5, 0.6) is 0 Å². The fraction of sp³-hybridized carbons (Fsp3) is 0.538. The fourth-order valence-corrected chi connectivity index (χ4v) is 2.96. The third kappa shape index (κ3) is 2.25. The Balaban J connectivity index is 2.45. The summed E-state index contributed by atoms with van der Waals surface area (Å²) in [5.74, 6) is 0. The van der Waals surface area contributed by atoms with Crippen molar-refractivity contribution in [3.05, 3.63) is 27.7 Å². The van der Waals surface area contributed by atoms with Gasteiger partial charge in [-0.05, 0) is 43.1 Å². The summed E-state index contributed by atoms with van der Waals surface area (Å²) in [6, 6.07) is 4.97. The van der Waals surface area contributed by atoms with E-state index < -0.39 is 0 Å². The van der Waals surface area contributed by atoms with E-state index in [0.717, 1.165) is 19.4 Å². The normalized spacial score (nSPS) is 19.1. The lowest BCUT2D eigenvalue weighted by Crippen LogP contribution is -2.26. The molecule has 0 amide bonds. The molecule has 2 N–H and O–H groups in total. The molecule has 1 aliphatic rings. The number of hydrogen-bond donors (Lipinski definition) is 2. The number of benzene rings is 1. The van der Waals surface area contributed by atoms with Gasteiger partial charge in [-0.2, -0.15) is 0 Å². The molecule has 0 fully saturated rings. The molecule has 3 heteroatoms. The van der Waals surface area contributed by atoms with Gasteiger partial charge in [-0.15, -0.1) is 0 Å². The summed E-state index contributed by atoms with van der Waals surface area (Å²) in [5, 5.41) is 6.94. The Kier molecular flexibility index (Phi) is 3.87. The monoisotopic (exact) mass is 282 g/mol. The predicted molar refractivity (Wildman–Crippen MR) is 73.0 cm³/mol. The number of hydrogen-bond acceptors (Lipinski definition) is 2. The van der Waals surface area contributed by atoms with E-state index in [1.165, 1.54) is 27.7 Å². The largest absolute Gasteiger partial charge is 0.384 e. The van der Waals surface area contributed by atoms with E-state index in [2.05, 4.69) is 45.6 Å². The SMILES string of the molecule is CCCc1cc(Br)cc2c1NCCC2NC. The topological polar surface area (TPSA) is 24.1 Å². The Labute approximate surface area is 106 Å². The third-order valence-electron chi connectivity index (χ3n) is 3.19. The van der Waals surface area contributed by atoms with Crippen molar-refractivity contribution in [3.63, 3.8) is 0 Å². The minimum Gasteiger partial charge on any atom is -0.384 e. The van der Waals surface area contributed by atoms with Gasteiger partial charge in [-0.3, -0.25) is 0 Å². The third-order valence-corrected chi connectivity index (χ3v) is 3.65. The maximum Gasteiger partial charge on any atom is 0.0422 e. The molecule has 0 aromatic heterocycles. The van der Waals surface area contributed by atoms with Crippen LogP contribution in [0.25, 0.3) is 0 Å². The molecule has 0 radical (unpaired) electrons. The predicted octanol–water partition coefficient (Wildman–Crippen LogP) is 3.48. The zero-order valence-electron chi connectivity index (χ0n) is 9.94. The van der Waals surface area contributed by atoms with Gasteiger partial charge in [0.2, 0.25) is 0 Å². The summed E-state index contributed by atoms with van der Waals surface area (Å²) < 4.78 is 1.19. The van der Waals surface area contributed by atoms with E-state index in [1.807, 2.05) is 7.05 Å². The standard InChI is InChI=1S/C13H19BrN2/c1-3-4-9-7-10(14)8-11-12(15-2)5-6-16-13(9)11/h7-8,12,15-16H,3-6H2,1-2H3. The Bertz CT molecular complexity index is 376. The van der Waals surface area contributed by atoms with Gasteiger partial charge in [0, 0.05) is 22.7 Å². The van der Waals surface area contributed by atoms with Crippen LogP contribution in [0, 0.1) is 0 Å². The van der Waals surface area contributed by atoms with Gasteiger partial charge in [0.1, 0.15) is 0 Å². The molecule has 0 saturated carbocycles. The Morgan fingerprint density at radius 2 is 2.31 bits per heavy atom. The first kappa shape index (κ1) is 11.9. The van der Waals surface area contributed by atoms with Crippen LogP contribution < -0.4 is 10.6 Å². The number of aryl methyl sites for hydroxylation is 1. The van der Waals surface area contributed by atoms with Crippen LogP contribution in [0.2, 0.25) is 0 Å². The van der Waals surface area contributed by atoms with E-state index in [4.69, 9.17) is 0 Å². The maximum absolute atomic E-state index is 3.61. The van der Waals surface area contributed by atoms with Crippen molar-refractivity contribution >= 4 is 21.6 Å². The van der Waals surface area contributed by atoms with Crippen LogP contribution >= 0.6 is 15.9 Å². The fourth-order valence-electron chi connectivity index (χ4n) is 2.44. The van der Waals surface area contributed by atoms with Crippen molar-refractivity contribution in [2.24, 2.45) is 0 Å². The lowest BCUT2D eigenvalue weighted by atomic mass is 9.93. The van der Waals surface area contributed by atoms with Crippen LogP contribution in [0.4, 0.5) is 5.69 Å². The van der Waals surface area contributed by atoms with Crippen LogP contribution in [-0.4, -0.2) is 13.6 Å². The highest BCUT2D eigenvalue weighted by molar-refractivity contribution is 9.10. The van der Waals surface area contributed by atoms with E-state index in [0.29, 0.717) is 6.04 Å².